The zero-order valence-electron chi connectivity index (χ0n) is 13.8. The first-order chi connectivity index (χ1) is 11.6. The Hall–Kier alpha value is -1.91. The smallest absolute Gasteiger partial charge is 0.235 e. The molecule has 0 aromatic heterocycles. The van der Waals surface area contributed by atoms with Crippen LogP contribution in [0.4, 0.5) is 10.1 Å². The maximum absolute atomic E-state index is 13.1. The predicted molar refractivity (Wildman–Crippen MR) is 89.3 cm³/mol. The normalized spacial score (nSPS) is 33.0. The number of alkyl halides is 1. The molecule has 1 aromatic rings. The monoisotopic (exact) mass is 330 g/mol. The van der Waals surface area contributed by atoms with Crippen LogP contribution in [-0.4, -0.2) is 42.5 Å². The van der Waals surface area contributed by atoms with Crippen molar-refractivity contribution in [2.75, 3.05) is 24.5 Å². The maximum Gasteiger partial charge on any atom is 0.235 e. The molecule has 128 valence electrons. The van der Waals surface area contributed by atoms with E-state index in [1.165, 1.54) is 0 Å². The van der Waals surface area contributed by atoms with Crippen molar-refractivity contribution >= 4 is 17.5 Å². The summed E-state index contributed by atoms with van der Waals surface area (Å²) >= 11 is 0. The van der Waals surface area contributed by atoms with E-state index in [-0.39, 0.29) is 17.7 Å². The minimum atomic E-state index is -0.820. The number of likely N-dealkylation sites (tertiary alicyclic amines) is 1. The zero-order valence-corrected chi connectivity index (χ0v) is 13.8. The minimum absolute atomic E-state index is 0.0499. The molecule has 1 saturated carbocycles. The van der Waals surface area contributed by atoms with Gasteiger partial charge in [-0.3, -0.25) is 9.59 Å². The average molecular weight is 330 g/mol. The summed E-state index contributed by atoms with van der Waals surface area (Å²) in [6.07, 6.45) is 2.38. The number of anilines is 1. The summed E-state index contributed by atoms with van der Waals surface area (Å²) in [5.74, 6) is 0.0222. The van der Waals surface area contributed by atoms with Crippen molar-refractivity contribution in [3.63, 3.8) is 0 Å². The van der Waals surface area contributed by atoms with Crippen LogP contribution in [0.5, 0.6) is 0 Å². The number of hydrogen-bond acceptors (Lipinski definition) is 2. The summed E-state index contributed by atoms with van der Waals surface area (Å²) in [7, 11) is 0. The van der Waals surface area contributed by atoms with Gasteiger partial charge in [0.25, 0.3) is 0 Å². The molecular weight excluding hydrogens is 307 g/mol. The van der Waals surface area contributed by atoms with Crippen molar-refractivity contribution in [3.05, 3.63) is 30.3 Å². The largest absolute Gasteiger partial charge is 0.341 e. The van der Waals surface area contributed by atoms with Gasteiger partial charge in [0.2, 0.25) is 11.8 Å². The minimum Gasteiger partial charge on any atom is -0.341 e. The Kier molecular flexibility index (Phi) is 3.82. The van der Waals surface area contributed by atoms with Crippen molar-refractivity contribution in [1.29, 1.82) is 0 Å². The van der Waals surface area contributed by atoms with Gasteiger partial charge >= 0.3 is 0 Å². The Bertz CT molecular complexity index is 644. The molecule has 2 saturated heterocycles. The van der Waals surface area contributed by atoms with E-state index < -0.39 is 11.6 Å². The van der Waals surface area contributed by atoms with Gasteiger partial charge in [0, 0.05) is 31.2 Å². The quantitative estimate of drug-likeness (QED) is 0.837. The van der Waals surface area contributed by atoms with Crippen LogP contribution in [0.25, 0.3) is 0 Å². The Morgan fingerprint density at radius 3 is 2.58 bits per heavy atom. The lowest BCUT2D eigenvalue weighted by Crippen LogP contribution is -2.52. The summed E-state index contributed by atoms with van der Waals surface area (Å²) in [6.45, 7) is 1.91. The van der Waals surface area contributed by atoms with Crippen molar-refractivity contribution < 1.29 is 14.0 Å². The number of hydrogen-bond donors (Lipinski definition) is 0. The lowest BCUT2D eigenvalue weighted by Gasteiger charge is -2.42. The number of carbonyl (C=O) groups excluding carboxylic acids is 2. The molecule has 1 unspecified atom stereocenters. The molecule has 0 bridgehead atoms. The summed E-state index contributed by atoms with van der Waals surface area (Å²) in [6, 6.07) is 9.73. The lowest BCUT2D eigenvalue weighted by molar-refractivity contribution is -0.146. The van der Waals surface area contributed by atoms with Crippen molar-refractivity contribution in [1.82, 2.24) is 4.90 Å². The van der Waals surface area contributed by atoms with Crippen LogP contribution in [-0.2, 0) is 9.59 Å². The highest BCUT2D eigenvalue weighted by Crippen LogP contribution is 2.43. The van der Waals surface area contributed by atoms with E-state index in [0.717, 1.165) is 24.9 Å². The molecule has 3 fully saturated rings. The van der Waals surface area contributed by atoms with Crippen LogP contribution < -0.4 is 4.90 Å². The summed E-state index contributed by atoms with van der Waals surface area (Å²) < 4.78 is 13.1. The molecule has 2 heterocycles. The van der Waals surface area contributed by atoms with E-state index in [1.807, 2.05) is 40.1 Å². The molecule has 24 heavy (non-hydrogen) atoms. The second-order valence-corrected chi connectivity index (χ2v) is 7.45. The van der Waals surface area contributed by atoms with Gasteiger partial charge in [-0.1, -0.05) is 18.2 Å². The van der Waals surface area contributed by atoms with Crippen LogP contribution >= 0.6 is 0 Å². The van der Waals surface area contributed by atoms with Gasteiger partial charge in [-0.2, -0.15) is 0 Å². The molecule has 1 aromatic carbocycles. The van der Waals surface area contributed by atoms with E-state index >= 15 is 0 Å². The molecule has 4 nitrogen and oxygen atoms in total. The molecule has 3 aliphatic rings. The van der Waals surface area contributed by atoms with Gasteiger partial charge < -0.3 is 9.80 Å². The fraction of sp³-hybridized carbons (Fsp3) is 0.579. The van der Waals surface area contributed by atoms with Gasteiger partial charge in [0.05, 0.1) is 5.41 Å². The number of para-hydroxylation sites is 1. The second-order valence-electron chi connectivity index (χ2n) is 7.45. The third-order valence-electron chi connectivity index (χ3n) is 5.90. The fourth-order valence-corrected chi connectivity index (χ4v) is 4.38. The Balaban J connectivity index is 1.49. The van der Waals surface area contributed by atoms with Gasteiger partial charge in [-0.25, -0.2) is 4.39 Å². The standard InChI is InChI=1S/C19H23FN2O2/c20-15-11-14(12-15)17(23)21-9-4-7-19(13-21)8-10-22(18(19)24)16-5-2-1-3-6-16/h1-3,5-6,14-15H,4,7-13H2. The predicted octanol–water partition coefficient (Wildman–Crippen LogP) is 2.78. The molecule has 2 amide bonds. The van der Waals surface area contributed by atoms with E-state index in [4.69, 9.17) is 0 Å². The first-order valence-corrected chi connectivity index (χ1v) is 8.89. The van der Waals surface area contributed by atoms with Gasteiger partial charge in [-0.05, 0) is 44.2 Å². The molecule has 0 N–H and O–H groups in total. The number of nitrogens with zero attached hydrogens (tertiary/aromatic N) is 2. The number of piperidine rings is 1. The van der Waals surface area contributed by atoms with E-state index in [0.29, 0.717) is 32.5 Å². The highest BCUT2D eigenvalue weighted by atomic mass is 19.1. The van der Waals surface area contributed by atoms with E-state index in [1.54, 1.807) is 0 Å². The zero-order chi connectivity index (χ0) is 16.7. The summed E-state index contributed by atoms with van der Waals surface area (Å²) in [5, 5.41) is 0. The molecule has 1 aliphatic carbocycles. The molecule has 0 radical (unpaired) electrons. The summed E-state index contributed by atoms with van der Waals surface area (Å²) in [4.78, 5) is 29.3. The van der Waals surface area contributed by atoms with Crippen molar-refractivity contribution in [3.8, 4) is 0 Å². The SMILES string of the molecule is O=C(C1CC(F)C1)N1CCCC2(CCN(c3ccccc3)C2=O)C1. The first-order valence-electron chi connectivity index (χ1n) is 8.89. The number of amides is 2. The molecule has 5 heteroatoms. The van der Waals surface area contributed by atoms with Gasteiger partial charge in [0.1, 0.15) is 6.17 Å². The molecule has 4 rings (SSSR count). The highest BCUT2D eigenvalue weighted by molar-refractivity contribution is 6.00. The van der Waals surface area contributed by atoms with Crippen LogP contribution in [0.1, 0.15) is 32.1 Å². The molecular formula is C19H23FN2O2. The molecule has 1 spiro atoms. The number of benzene rings is 1. The van der Waals surface area contributed by atoms with Crippen LogP contribution in [0.3, 0.4) is 0 Å². The topological polar surface area (TPSA) is 40.6 Å². The maximum atomic E-state index is 13.1. The third-order valence-corrected chi connectivity index (χ3v) is 5.90. The van der Waals surface area contributed by atoms with Crippen molar-refractivity contribution in [2.24, 2.45) is 11.3 Å². The lowest BCUT2D eigenvalue weighted by atomic mass is 9.76. The third kappa shape index (κ3) is 2.50. The Morgan fingerprint density at radius 1 is 1.12 bits per heavy atom. The fourth-order valence-electron chi connectivity index (χ4n) is 4.38. The number of halogens is 1. The Labute approximate surface area is 141 Å². The molecule has 2 aliphatic heterocycles. The van der Waals surface area contributed by atoms with Gasteiger partial charge in [0.15, 0.2) is 0 Å². The van der Waals surface area contributed by atoms with E-state index in [9.17, 15) is 14.0 Å². The Morgan fingerprint density at radius 2 is 1.88 bits per heavy atom. The first kappa shape index (κ1) is 15.6. The van der Waals surface area contributed by atoms with Gasteiger partial charge in [-0.15, -0.1) is 0 Å². The van der Waals surface area contributed by atoms with E-state index in [2.05, 4.69) is 0 Å². The summed E-state index contributed by atoms with van der Waals surface area (Å²) in [5.41, 5.74) is 0.491. The van der Waals surface area contributed by atoms with Crippen LogP contribution in [0.15, 0.2) is 30.3 Å². The van der Waals surface area contributed by atoms with Crippen LogP contribution in [0, 0.1) is 11.3 Å². The average Bonchev–Trinajstić information content (AvgIpc) is 2.89. The van der Waals surface area contributed by atoms with Crippen LogP contribution in [0.2, 0.25) is 0 Å². The number of rotatable bonds is 2. The highest BCUT2D eigenvalue weighted by Gasteiger charge is 2.51. The second kappa shape index (κ2) is 5.87. The molecule has 1 atom stereocenters. The number of carbonyl (C=O) groups is 2. The van der Waals surface area contributed by atoms with Crippen molar-refractivity contribution in [2.45, 2.75) is 38.3 Å².